The first-order valence-corrected chi connectivity index (χ1v) is 11.3. The lowest BCUT2D eigenvalue weighted by atomic mass is 9.87. The highest BCUT2D eigenvalue weighted by molar-refractivity contribution is 6.46. The monoisotopic (exact) mass is 454 g/mol. The number of nitrogens with zero attached hydrogens (tertiary/aromatic N) is 1. The van der Waals surface area contributed by atoms with Crippen LogP contribution in [0.25, 0.3) is 5.57 Å². The van der Waals surface area contributed by atoms with Gasteiger partial charge in [-0.05, 0) is 66.3 Å². The Bertz CT molecular complexity index is 1280. The first kappa shape index (κ1) is 23.3. The van der Waals surface area contributed by atoms with Crippen molar-refractivity contribution in [1.82, 2.24) is 0 Å². The lowest BCUT2D eigenvalue weighted by molar-refractivity contribution is -0.120. The molecule has 1 aliphatic rings. The van der Waals surface area contributed by atoms with Crippen molar-refractivity contribution in [2.75, 3.05) is 17.3 Å². The summed E-state index contributed by atoms with van der Waals surface area (Å²) in [6.45, 7) is 10.4. The molecule has 0 atom stereocenters. The van der Waals surface area contributed by atoms with Crippen LogP contribution in [0.3, 0.4) is 0 Å². The van der Waals surface area contributed by atoms with E-state index in [0.717, 1.165) is 16.8 Å². The van der Waals surface area contributed by atoms with Crippen LogP contribution in [0.1, 0.15) is 43.0 Å². The van der Waals surface area contributed by atoms with E-state index in [9.17, 15) is 9.59 Å². The van der Waals surface area contributed by atoms with Gasteiger partial charge in [0.1, 0.15) is 11.4 Å². The van der Waals surface area contributed by atoms with Crippen LogP contribution in [0.4, 0.5) is 11.4 Å². The highest BCUT2D eigenvalue weighted by Gasteiger charge is 2.41. The summed E-state index contributed by atoms with van der Waals surface area (Å²) in [6.07, 6.45) is 0. The van der Waals surface area contributed by atoms with Crippen molar-refractivity contribution >= 4 is 28.8 Å². The van der Waals surface area contributed by atoms with Crippen LogP contribution in [0.2, 0.25) is 0 Å². The minimum atomic E-state index is -0.393. The lowest BCUT2D eigenvalue weighted by Crippen LogP contribution is -2.32. The number of methoxy groups -OCH3 is 1. The van der Waals surface area contributed by atoms with Gasteiger partial charge < -0.3 is 10.1 Å². The number of carbonyl (C=O) groups excluding carboxylic acids is 2. The third-order valence-electron chi connectivity index (χ3n) is 5.95. The second-order valence-corrected chi connectivity index (χ2v) is 9.69. The first-order valence-electron chi connectivity index (χ1n) is 11.3. The summed E-state index contributed by atoms with van der Waals surface area (Å²) in [4.78, 5) is 28.7. The van der Waals surface area contributed by atoms with Gasteiger partial charge >= 0.3 is 0 Å². The number of imide groups is 1. The van der Waals surface area contributed by atoms with Crippen LogP contribution in [0.5, 0.6) is 5.75 Å². The number of benzene rings is 3. The Kier molecular flexibility index (Phi) is 6.05. The van der Waals surface area contributed by atoms with Crippen LogP contribution in [-0.4, -0.2) is 18.9 Å². The van der Waals surface area contributed by atoms with Gasteiger partial charge in [0.15, 0.2) is 0 Å². The van der Waals surface area contributed by atoms with E-state index in [-0.39, 0.29) is 17.0 Å². The van der Waals surface area contributed by atoms with E-state index in [4.69, 9.17) is 4.74 Å². The maximum absolute atomic E-state index is 13.7. The molecular formula is C29H30N2O3. The molecule has 0 aromatic heterocycles. The van der Waals surface area contributed by atoms with E-state index in [1.54, 1.807) is 19.2 Å². The number of nitrogens with one attached hydrogen (secondary N) is 1. The Morgan fingerprint density at radius 3 is 2.03 bits per heavy atom. The highest BCUT2D eigenvalue weighted by Crippen LogP contribution is 2.38. The predicted octanol–water partition coefficient (Wildman–Crippen LogP) is 6.01. The molecule has 3 aromatic carbocycles. The van der Waals surface area contributed by atoms with Crippen LogP contribution >= 0.6 is 0 Å². The maximum Gasteiger partial charge on any atom is 0.282 e. The number of amides is 2. The molecule has 2 amide bonds. The summed E-state index contributed by atoms with van der Waals surface area (Å²) in [6, 6.07) is 20.9. The second-order valence-electron chi connectivity index (χ2n) is 9.69. The largest absolute Gasteiger partial charge is 0.496 e. The van der Waals surface area contributed by atoms with E-state index < -0.39 is 5.91 Å². The predicted molar refractivity (Wildman–Crippen MR) is 137 cm³/mol. The Hall–Kier alpha value is -3.86. The molecule has 3 aromatic rings. The minimum absolute atomic E-state index is 0.0132. The lowest BCUT2D eigenvalue weighted by Gasteiger charge is -2.19. The number of carbonyl (C=O) groups is 2. The smallest absolute Gasteiger partial charge is 0.282 e. The number of hydrogen-bond acceptors (Lipinski definition) is 4. The molecule has 1 N–H and O–H groups in total. The van der Waals surface area contributed by atoms with E-state index in [2.05, 4.69) is 26.1 Å². The van der Waals surface area contributed by atoms with Crippen molar-refractivity contribution in [3.63, 3.8) is 0 Å². The summed E-state index contributed by atoms with van der Waals surface area (Å²) in [7, 11) is 1.56. The van der Waals surface area contributed by atoms with Crippen LogP contribution in [0.15, 0.2) is 72.4 Å². The summed E-state index contributed by atoms with van der Waals surface area (Å²) in [5.74, 6) is -0.243. The van der Waals surface area contributed by atoms with Crippen molar-refractivity contribution in [3.8, 4) is 5.75 Å². The topological polar surface area (TPSA) is 58.6 Å². The molecular weight excluding hydrogens is 424 g/mol. The van der Waals surface area contributed by atoms with Gasteiger partial charge in [-0.25, -0.2) is 4.90 Å². The molecule has 0 spiro atoms. The average molecular weight is 455 g/mol. The first-order chi connectivity index (χ1) is 16.1. The molecule has 0 fully saturated rings. The molecule has 1 heterocycles. The van der Waals surface area contributed by atoms with Gasteiger partial charge in [-0.1, -0.05) is 57.2 Å². The zero-order valence-corrected chi connectivity index (χ0v) is 20.5. The Morgan fingerprint density at radius 2 is 1.44 bits per heavy atom. The standard InChI is InChI=1S/C29H30N2O3/c1-18-15-19(2)17-22(16-18)31-27(32)25(23-9-7-8-10-24(23)34-6)26(28(31)33)30-21-13-11-20(12-14-21)29(3,4)5/h7-17,30H,1-6H3. The summed E-state index contributed by atoms with van der Waals surface area (Å²) >= 11 is 0. The number of aryl methyl sites for hydroxylation is 2. The molecule has 0 radical (unpaired) electrons. The minimum Gasteiger partial charge on any atom is -0.496 e. The van der Waals surface area contributed by atoms with Gasteiger partial charge in [-0.3, -0.25) is 9.59 Å². The van der Waals surface area contributed by atoms with Crippen LogP contribution in [0, 0.1) is 13.8 Å². The number of anilines is 2. The Morgan fingerprint density at radius 1 is 0.824 bits per heavy atom. The molecule has 5 heteroatoms. The van der Waals surface area contributed by atoms with E-state index in [1.807, 2.05) is 68.4 Å². The molecule has 0 saturated heterocycles. The summed E-state index contributed by atoms with van der Waals surface area (Å²) < 4.78 is 5.53. The molecule has 0 saturated carbocycles. The molecule has 34 heavy (non-hydrogen) atoms. The maximum atomic E-state index is 13.7. The number of hydrogen-bond donors (Lipinski definition) is 1. The highest BCUT2D eigenvalue weighted by atomic mass is 16.5. The van der Waals surface area contributed by atoms with E-state index in [1.165, 1.54) is 10.5 Å². The van der Waals surface area contributed by atoms with Crippen molar-refractivity contribution in [2.45, 2.75) is 40.0 Å². The number of ether oxygens (including phenoxy) is 1. The molecule has 0 aliphatic carbocycles. The summed E-state index contributed by atoms with van der Waals surface area (Å²) in [5.41, 5.74) is 5.55. The molecule has 4 rings (SSSR count). The van der Waals surface area contributed by atoms with Gasteiger partial charge in [0.05, 0.1) is 18.4 Å². The molecule has 174 valence electrons. The third kappa shape index (κ3) is 4.34. The fourth-order valence-corrected chi connectivity index (χ4v) is 4.26. The zero-order chi connectivity index (χ0) is 24.6. The molecule has 0 bridgehead atoms. The van der Waals surface area contributed by atoms with Gasteiger partial charge in [0.2, 0.25) is 0 Å². The number of rotatable bonds is 5. The Labute approximate surface area is 201 Å². The Balaban J connectivity index is 1.83. The van der Waals surface area contributed by atoms with Crippen LogP contribution in [-0.2, 0) is 15.0 Å². The molecule has 1 aliphatic heterocycles. The third-order valence-corrected chi connectivity index (χ3v) is 5.95. The molecule has 5 nitrogen and oxygen atoms in total. The van der Waals surface area contributed by atoms with Gasteiger partial charge in [0, 0.05) is 11.3 Å². The average Bonchev–Trinajstić information content (AvgIpc) is 3.02. The van der Waals surface area contributed by atoms with Gasteiger partial charge in [0.25, 0.3) is 11.8 Å². The SMILES string of the molecule is COc1ccccc1C1=C(Nc2ccc(C(C)(C)C)cc2)C(=O)N(c2cc(C)cc(C)c2)C1=O. The van der Waals surface area contributed by atoms with Crippen molar-refractivity contribution in [1.29, 1.82) is 0 Å². The van der Waals surface area contributed by atoms with Crippen molar-refractivity contribution in [3.05, 3.63) is 94.7 Å². The van der Waals surface area contributed by atoms with E-state index in [0.29, 0.717) is 22.6 Å². The quantitative estimate of drug-likeness (QED) is 0.480. The van der Waals surface area contributed by atoms with Gasteiger partial charge in [-0.15, -0.1) is 0 Å². The number of para-hydroxylation sites is 1. The zero-order valence-electron chi connectivity index (χ0n) is 20.5. The van der Waals surface area contributed by atoms with Gasteiger partial charge in [-0.2, -0.15) is 0 Å². The van der Waals surface area contributed by atoms with E-state index >= 15 is 0 Å². The van der Waals surface area contributed by atoms with Crippen molar-refractivity contribution in [2.24, 2.45) is 0 Å². The van der Waals surface area contributed by atoms with Crippen LogP contribution < -0.4 is 15.0 Å². The second kappa shape index (κ2) is 8.82. The molecule has 0 unspecified atom stereocenters. The van der Waals surface area contributed by atoms with Crippen molar-refractivity contribution < 1.29 is 14.3 Å². The summed E-state index contributed by atoms with van der Waals surface area (Å²) in [5, 5.41) is 3.24. The fourth-order valence-electron chi connectivity index (χ4n) is 4.26. The fraction of sp³-hybridized carbons (Fsp3) is 0.241. The normalized spacial score (nSPS) is 14.1.